The van der Waals surface area contributed by atoms with E-state index in [1.165, 1.54) is 51.6 Å². The second kappa shape index (κ2) is 8.93. The zero-order chi connectivity index (χ0) is 10.8. The van der Waals surface area contributed by atoms with E-state index in [0.29, 0.717) is 6.61 Å². The van der Waals surface area contributed by atoms with Gasteiger partial charge in [-0.2, -0.15) is 0 Å². The fourth-order valence-electron chi connectivity index (χ4n) is 2.05. The van der Waals surface area contributed by atoms with Crippen LogP contribution in [0.1, 0.15) is 44.9 Å². The second-order valence-corrected chi connectivity index (χ2v) is 4.41. The summed E-state index contributed by atoms with van der Waals surface area (Å²) in [6, 6.07) is 0. The maximum Gasteiger partial charge on any atom is 0.0431 e. The first-order valence-electron chi connectivity index (χ1n) is 6.41. The highest BCUT2D eigenvalue weighted by Gasteiger charge is 2.04. The molecule has 88 valence electrons. The largest absolute Gasteiger partial charge is 0.396 e. The molecule has 1 aliphatic rings. The molecule has 1 heterocycles. The number of nitrogens with zero attached hydrogens (tertiary/aromatic N) is 1. The van der Waals surface area contributed by atoms with Gasteiger partial charge in [0.1, 0.15) is 0 Å². The highest BCUT2D eigenvalue weighted by molar-refractivity contribution is 4.90. The van der Waals surface area contributed by atoms with Gasteiger partial charge in [-0.3, -0.25) is 4.90 Å². The molecule has 2 heteroatoms. The van der Waals surface area contributed by atoms with Crippen LogP contribution >= 0.6 is 0 Å². The quantitative estimate of drug-likeness (QED) is 0.493. The van der Waals surface area contributed by atoms with Gasteiger partial charge < -0.3 is 5.11 Å². The SMILES string of the molecule is OCCCCCCCCN1CC=CCC1. The highest BCUT2D eigenvalue weighted by atomic mass is 16.2. The summed E-state index contributed by atoms with van der Waals surface area (Å²) in [5.41, 5.74) is 0. The molecule has 0 fully saturated rings. The van der Waals surface area contributed by atoms with E-state index >= 15 is 0 Å². The normalized spacial score (nSPS) is 17.1. The third-order valence-corrected chi connectivity index (χ3v) is 3.02. The van der Waals surface area contributed by atoms with Crippen molar-refractivity contribution in [3.05, 3.63) is 12.2 Å². The Morgan fingerprint density at radius 1 is 0.933 bits per heavy atom. The monoisotopic (exact) mass is 211 g/mol. The zero-order valence-corrected chi connectivity index (χ0v) is 9.83. The highest BCUT2D eigenvalue weighted by Crippen LogP contribution is 2.07. The molecule has 0 atom stereocenters. The summed E-state index contributed by atoms with van der Waals surface area (Å²) in [5, 5.41) is 8.63. The molecule has 0 unspecified atom stereocenters. The molecule has 0 amide bonds. The number of hydrogen-bond donors (Lipinski definition) is 1. The van der Waals surface area contributed by atoms with Crippen LogP contribution in [0.15, 0.2) is 12.2 Å². The van der Waals surface area contributed by atoms with E-state index < -0.39 is 0 Å². The average molecular weight is 211 g/mol. The molecule has 1 aliphatic heterocycles. The van der Waals surface area contributed by atoms with Crippen LogP contribution in [0, 0.1) is 0 Å². The van der Waals surface area contributed by atoms with Crippen LogP contribution in [0.2, 0.25) is 0 Å². The molecule has 1 rings (SSSR count). The van der Waals surface area contributed by atoms with Gasteiger partial charge >= 0.3 is 0 Å². The lowest BCUT2D eigenvalue weighted by molar-refractivity contribution is 0.279. The van der Waals surface area contributed by atoms with Crippen molar-refractivity contribution < 1.29 is 5.11 Å². The van der Waals surface area contributed by atoms with Gasteiger partial charge in [0.2, 0.25) is 0 Å². The lowest BCUT2D eigenvalue weighted by Gasteiger charge is -2.22. The summed E-state index contributed by atoms with van der Waals surface area (Å²) in [6.07, 6.45) is 13.3. The number of aliphatic hydroxyl groups is 1. The lowest BCUT2D eigenvalue weighted by atomic mass is 10.1. The Hall–Kier alpha value is -0.340. The fourth-order valence-corrected chi connectivity index (χ4v) is 2.05. The van der Waals surface area contributed by atoms with Gasteiger partial charge in [0.15, 0.2) is 0 Å². The summed E-state index contributed by atoms with van der Waals surface area (Å²) in [6.45, 7) is 4.04. The third kappa shape index (κ3) is 6.69. The summed E-state index contributed by atoms with van der Waals surface area (Å²) in [7, 11) is 0. The Labute approximate surface area is 94.0 Å². The first-order valence-corrected chi connectivity index (χ1v) is 6.41. The van der Waals surface area contributed by atoms with Crippen molar-refractivity contribution in [2.75, 3.05) is 26.2 Å². The van der Waals surface area contributed by atoms with Gasteiger partial charge in [0.05, 0.1) is 0 Å². The molecule has 0 aromatic heterocycles. The Morgan fingerprint density at radius 3 is 2.33 bits per heavy atom. The Kier molecular flexibility index (Phi) is 7.58. The summed E-state index contributed by atoms with van der Waals surface area (Å²) >= 11 is 0. The van der Waals surface area contributed by atoms with Gasteiger partial charge in [-0.05, 0) is 25.8 Å². The molecule has 0 aromatic rings. The summed E-state index contributed by atoms with van der Waals surface area (Å²) in [4.78, 5) is 2.54. The lowest BCUT2D eigenvalue weighted by Crippen LogP contribution is -2.28. The summed E-state index contributed by atoms with van der Waals surface area (Å²) in [5.74, 6) is 0. The average Bonchev–Trinajstić information content (AvgIpc) is 2.29. The van der Waals surface area contributed by atoms with E-state index in [1.54, 1.807) is 0 Å². The predicted octanol–water partition coefficient (Wildman–Crippen LogP) is 2.58. The van der Waals surface area contributed by atoms with Crippen molar-refractivity contribution >= 4 is 0 Å². The number of aliphatic hydroxyl groups excluding tert-OH is 1. The van der Waals surface area contributed by atoms with Crippen LogP contribution in [0.5, 0.6) is 0 Å². The molecule has 0 aliphatic carbocycles. The first-order chi connectivity index (χ1) is 7.43. The molecular weight excluding hydrogens is 186 g/mol. The molecule has 2 nitrogen and oxygen atoms in total. The van der Waals surface area contributed by atoms with E-state index in [0.717, 1.165) is 13.0 Å². The number of unbranched alkanes of at least 4 members (excludes halogenated alkanes) is 5. The minimum atomic E-state index is 0.361. The minimum absolute atomic E-state index is 0.361. The van der Waals surface area contributed by atoms with Crippen LogP contribution in [-0.2, 0) is 0 Å². The van der Waals surface area contributed by atoms with Gasteiger partial charge in [-0.15, -0.1) is 0 Å². The smallest absolute Gasteiger partial charge is 0.0431 e. The molecule has 0 saturated heterocycles. The van der Waals surface area contributed by atoms with Crippen LogP contribution in [0.25, 0.3) is 0 Å². The minimum Gasteiger partial charge on any atom is -0.396 e. The molecule has 0 saturated carbocycles. The van der Waals surface area contributed by atoms with E-state index in [1.807, 2.05) is 0 Å². The maximum absolute atomic E-state index is 8.63. The third-order valence-electron chi connectivity index (χ3n) is 3.02. The van der Waals surface area contributed by atoms with E-state index in [9.17, 15) is 0 Å². The predicted molar refractivity (Wildman–Crippen MR) is 65.0 cm³/mol. The van der Waals surface area contributed by atoms with Crippen molar-refractivity contribution in [1.82, 2.24) is 4.90 Å². The molecule has 0 radical (unpaired) electrons. The molecular formula is C13H25NO. The van der Waals surface area contributed by atoms with Gasteiger partial charge in [-0.25, -0.2) is 0 Å². The molecule has 1 N–H and O–H groups in total. The topological polar surface area (TPSA) is 23.5 Å². The molecule has 0 spiro atoms. The van der Waals surface area contributed by atoms with Crippen molar-refractivity contribution in [3.8, 4) is 0 Å². The van der Waals surface area contributed by atoms with Crippen molar-refractivity contribution in [3.63, 3.8) is 0 Å². The Morgan fingerprint density at radius 2 is 1.67 bits per heavy atom. The van der Waals surface area contributed by atoms with Gasteiger partial charge in [0.25, 0.3) is 0 Å². The standard InChI is InChI=1S/C13H25NO/c15-13-9-4-2-1-3-6-10-14-11-7-5-8-12-14/h5,7,15H,1-4,6,8-13H2. The van der Waals surface area contributed by atoms with Crippen molar-refractivity contribution in [2.45, 2.75) is 44.9 Å². The van der Waals surface area contributed by atoms with Gasteiger partial charge in [0, 0.05) is 19.7 Å². The number of rotatable bonds is 8. The van der Waals surface area contributed by atoms with Crippen LogP contribution < -0.4 is 0 Å². The van der Waals surface area contributed by atoms with E-state index in [4.69, 9.17) is 5.11 Å². The summed E-state index contributed by atoms with van der Waals surface area (Å²) < 4.78 is 0. The molecule has 0 bridgehead atoms. The zero-order valence-electron chi connectivity index (χ0n) is 9.83. The van der Waals surface area contributed by atoms with Crippen LogP contribution in [0.3, 0.4) is 0 Å². The Bertz CT molecular complexity index is 168. The molecule has 15 heavy (non-hydrogen) atoms. The van der Waals surface area contributed by atoms with Crippen LogP contribution in [0.4, 0.5) is 0 Å². The number of hydrogen-bond acceptors (Lipinski definition) is 2. The maximum atomic E-state index is 8.63. The van der Waals surface area contributed by atoms with Crippen LogP contribution in [-0.4, -0.2) is 36.2 Å². The van der Waals surface area contributed by atoms with Gasteiger partial charge in [-0.1, -0.05) is 37.8 Å². The first kappa shape index (κ1) is 12.7. The van der Waals surface area contributed by atoms with E-state index in [2.05, 4.69) is 17.1 Å². The van der Waals surface area contributed by atoms with E-state index in [-0.39, 0.29) is 0 Å². The fraction of sp³-hybridized carbons (Fsp3) is 0.846. The Balaban J connectivity index is 1.82. The second-order valence-electron chi connectivity index (χ2n) is 4.41. The molecule has 0 aromatic carbocycles. The van der Waals surface area contributed by atoms with Crippen molar-refractivity contribution in [2.24, 2.45) is 0 Å². The van der Waals surface area contributed by atoms with Crippen molar-refractivity contribution in [1.29, 1.82) is 0 Å².